The Morgan fingerprint density at radius 2 is 1.94 bits per heavy atom. The highest BCUT2D eigenvalue weighted by Crippen LogP contribution is 2.27. The molecule has 0 radical (unpaired) electrons. The number of likely N-dealkylation sites (tertiary alicyclic amines) is 1. The van der Waals surface area contributed by atoms with E-state index in [2.05, 4.69) is 24.1 Å². The highest BCUT2D eigenvalue weighted by molar-refractivity contribution is 5.79. The quantitative estimate of drug-likeness (QED) is 0.833. The van der Waals surface area contributed by atoms with Crippen molar-refractivity contribution in [2.24, 2.45) is 11.8 Å². The minimum Gasteiger partial charge on any atom is -0.356 e. The number of hydrogen-bond donors (Lipinski definition) is 1. The fourth-order valence-electron chi connectivity index (χ4n) is 3.23. The molecule has 2 fully saturated rings. The average Bonchev–Trinajstić information content (AvgIpc) is 2.86. The lowest BCUT2D eigenvalue weighted by Gasteiger charge is -2.30. The zero-order chi connectivity index (χ0) is 13.0. The maximum absolute atomic E-state index is 12.0. The van der Waals surface area contributed by atoms with Crippen molar-refractivity contribution < 1.29 is 4.79 Å². The van der Waals surface area contributed by atoms with Gasteiger partial charge >= 0.3 is 0 Å². The standard InChI is InChI=1S/C15H28N2O/c1-12(2)10-16-15(18)13-8-9-17(11-13)14-6-4-3-5-7-14/h12-14H,3-11H2,1-2H3,(H,16,18)/t13-/m0/s1. The summed E-state index contributed by atoms with van der Waals surface area (Å²) in [6.07, 6.45) is 7.92. The summed E-state index contributed by atoms with van der Waals surface area (Å²) in [6, 6.07) is 0.765. The van der Waals surface area contributed by atoms with Gasteiger partial charge in [-0.3, -0.25) is 9.69 Å². The van der Waals surface area contributed by atoms with Crippen molar-refractivity contribution >= 4 is 5.91 Å². The summed E-state index contributed by atoms with van der Waals surface area (Å²) in [6.45, 7) is 7.23. The number of nitrogens with zero attached hydrogens (tertiary/aromatic N) is 1. The summed E-state index contributed by atoms with van der Waals surface area (Å²) in [5.41, 5.74) is 0. The summed E-state index contributed by atoms with van der Waals surface area (Å²) in [4.78, 5) is 14.6. The number of nitrogens with one attached hydrogen (secondary N) is 1. The van der Waals surface area contributed by atoms with Crippen LogP contribution in [-0.2, 0) is 4.79 Å². The molecule has 0 aromatic rings. The maximum Gasteiger partial charge on any atom is 0.224 e. The normalized spacial score (nSPS) is 26.7. The molecule has 3 nitrogen and oxygen atoms in total. The Hall–Kier alpha value is -0.570. The second kappa shape index (κ2) is 6.55. The highest BCUT2D eigenvalue weighted by Gasteiger charge is 2.32. The van der Waals surface area contributed by atoms with Gasteiger partial charge in [0.2, 0.25) is 5.91 Å². The first-order valence-electron chi connectivity index (χ1n) is 7.68. The summed E-state index contributed by atoms with van der Waals surface area (Å²) in [5, 5.41) is 3.08. The second-order valence-electron chi connectivity index (χ2n) is 6.41. The average molecular weight is 252 g/mol. The summed E-state index contributed by atoms with van der Waals surface area (Å²) < 4.78 is 0. The Bertz CT molecular complexity index is 272. The molecule has 18 heavy (non-hydrogen) atoms. The van der Waals surface area contributed by atoms with E-state index < -0.39 is 0 Å². The van der Waals surface area contributed by atoms with Gasteiger partial charge in [0.1, 0.15) is 0 Å². The number of carbonyl (C=O) groups is 1. The monoisotopic (exact) mass is 252 g/mol. The largest absolute Gasteiger partial charge is 0.356 e. The van der Waals surface area contributed by atoms with Crippen molar-refractivity contribution in [1.82, 2.24) is 10.2 Å². The summed E-state index contributed by atoms with van der Waals surface area (Å²) in [5.74, 6) is 1.07. The predicted molar refractivity (Wildman–Crippen MR) is 74.4 cm³/mol. The van der Waals surface area contributed by atoms with E-state index in [1.807, 2.05) is 0 Å². The van der Waals surface area contributed by atoms with Crippen LogP contribution in [0.2, 0.25) is 0 Å². The van der Waals surface area contributed by atoms with Crippen molar-refractivity contribution in [2.75, 3.05) is 19.6 Å². The van der Waals surface area contributed by atoms with Gasteiger partial charge in [0.05, 0.1) is 5.92 Å². The number of rotatable bonds is 4. The summed E-state index contributed by atoms with van der Waals surface area (Å²) in [7, 11) is 0. The first kappa shape index (κ1) is 13.9. The van der Waals surface area contributed by atoms with Crippen LogP contribution in [0.5, 0.6) is 0 Å². The van der Waals surface area contributed by atoms with E-state index in [1.54, 1.807) is 0 Å². The van der Waals surface area contributed by atoms with Gasteiger partial charge in [-0.15, -0.1) is 0 Å². The van der Waals surface area contributed by atoms with Crippen molar-refractivity contribution in [3.63, 3.8) is 0 Å². The molecule has 1 heterocycles. The molecule has 3 heteroatoms. The molecule has 1 amide bonds. The molecule has 104 valence electrons. The Kier molecular flexibility index (Phi) is 5.04. The lowest BCUT2D eigenvalue weighted by atomic mass is 9.94. The van der Waals surface area contributed by atoms with E-state index in [0.717, 1.165) is 32.1 Å². The molecule has 0 bridgehead atoms. The molecule has 1 saturated carbocycles. The van der Waals surface area contributed by atoms with E-state index in [4.69, 9.17) is 0 Å². The van der Waals surface area contributed by atoms with Crippen molar-refractivity contribution in [1.29, 1.82) is 0 Å². The molecule has 1 saturated heterocycles. The van der Waals surface area contributed by atoms with Gasteiger partial charge in [-0.25, -0.2) is 0 Å². The van der Waals surface area contributed by atoms with Gasteiger partial charge in [-0.1, -0.05) is 33.1 Å². The van der Waals surface area contributed by atoms with E-state index in [1.165, 1.54) is 32.1 Å². The minimum absolute atomic E-state index is 0.241. The maximum atomic E-state index is 12.0. The smallest absolute Gasteiger partial charge is 0.224 e. The summed E-state index contributed by atoms with van der Waals surface area (Å²) >= 11 is 0. The zero-order valence-corrected chi connectivity index (χ0v) is 12.0. The van der Waals surface area contributed by atoms with Crippen LogP contribution in [0.1, 0.15) is 52.4 Å². The van der Waals surface area contributed by atoms with Gasteiger partial charge in [0, 0.05) is 19.1 Å². The van der Waals surface area contributed by atoms with Gasteiger partial charge < -0.3 is 5.32 Å². The van der Waals surface area contributed by atoms with Crippen LogP contribution in [-0.4, -0.2) is 36.5 Å². The Morgan fingerprint density at radius 1 is 1.22 bits per heavy atom. The molecule has 0 spiro atoms. The first-order chi connectivity index (χ1) is 8.66. The van der Waals surface area contributed by atoms with Crippen LogP contribution in [0.4, 0.5) is 0 Å². The van der Waals surface area contributed by atoms with Gasteiger partial charge in [-0.2, -0.15) is 0 Å². The minimum atomic E-state index is 0.241. The van der Waals surface area contributed by atoms with Gasteiger partial charge in [0.25, 0.3) is 0 Å². The van der Waals surface area contributed by atoms with Crippen LogP contribution < -0.4 is 5.32 Å². The third-order valence-corrected chi connectivity index (χ3v) is 4.37. The van der Waals surface area contributed by atoms with E-state index in [9.17, 15) is 4.79 Å². The SMILES string of the molecule is CC(C)CNC(=O)[C@H]1CCN(C2CCCCC2)C1. The van der Waals surface area contributed by atoms with Crippen LogP contribution in [0, 0.1) is 11.8 Å². The Morgan fingerprint density at radius 3 is 2.61 bits per heavy atom. The third kappa shape index (κ3) is 3.71. The first-order valence-corrected chi connectivity index (χ1v) is 7.68. The molecule has 0 aromatic heterocycles. The topological polar surface area (TPSA) is 32.3 Å². The fraction of sp³-hybridized carbons (Fsp3) is 0.933. The van der Waals surface area contributed by atoms with Crippen LogP contribution in [0.25, 0.3) is 0 Å². The number of amides is 1. The Balaban J connectivity index is 1.75. The van der Waals surface area contributed by atoms with Crippen LogP contribution in [0.15, 0.2) is 0 Å². The predicted octanol–water partition coefficient (Wildman–Crippen LogP) is 2.41. The molecule has 2 rings (SSSR count). The molecule has 0 unspecified atom stereocenters. The van der Waals surface area contributed by atoms with E-state index in [0.29, 0.717) is 5.92 Å². The van der Waals surface area contributed by atoms with Gasteiger partial charge in [0.15, 0.2) is 0 Å². The number of carbonyl (C=O) groups excluding carboxylic acids is 1. The van der Waals surface area contributed by atoms with E-state index in [-0.39, 0.29) is 11.8 Å². The molecule has 1 aliphatic heterocycles. The van der Waals surface area contributed by atoms with Crippen molar-refractivity contribution in [2.45, 2.75) is 58.4 Å². The van der Waals surface area contributed by atoms with Crippen molar-refractivity contribution in [3.05, 3.63) is 0 Å². The molecular formula is C15H28N2O. The lowest BCUT2D eigenvalue weighted by Crippen LogP contribution is -2.38. The van der Waals surface area contributed by atoms with Crippen LogP contribution >= 0.6 is 0 Å². The van der Waals surface area contributed by atoms with E-state index >= 15 is 0 Å². The molecule has 1 N–H and O–H groups in total. The second-order valence-corrected chi connectivity index (χ2v) is 6.41. The lowest BCUT2D eigenvalue weighted by molar-refractivity contribution is -0.124. The fourth-order valence-corrected chi connectivity index (χ4v) is 3.23. The zero-order valence-electron chi connectivity index (χ0n) is 12.0. The van der Waals surface area contributed by atoms with Crippen LogP contribution in [0.3, 0.4) is 0 Å². The highest BCUT2D eigenvalue weighted by atomic mass is 16.1. The molecular weight excluding hydrogens is 224 g/mol. The van der Waals surface area contributed by atoms with Crippen molar-refractivity contribution in [3.8, 4) is 0 Å². The third-order valence-electron chi connectivity index (χ3n) is 4.37. The van der Waals surface area contributed by atoms with Gasteiger partial charge in [-0.05, 0) is 31.7 Å². The number of hydrogen-bond acceptors (Lipinski definition) is 2. The molecule has 1 aliphatic carbocycles. The molecule has 1 atom stereocenters. The Labute approximate surface area is 111 Å². The molecule has 2 aliphatic rings. The molecule has 0 aromatic carbocycles.